The molecular weight excluding hydrogens is 444 g/mol. The number of thiophene rings is 1. The summed E-state index contributed by atoms with van der Waals surface area (Å²) in [5.41, 5.74) is 4.62. The second-order valence-electron chi connectivity index (χ2n) is 6.79. The normalized spacial score (nSPS) is 11.0. The number of aryl methyl sites for hydroxylation is 1. The minimum atomic E-state index is 0.841. The second kappa shape index (κ2) is 8.51. The summed E-state index contributed by atoms with van der Waals surface area (Å²) in [6, 6.07) is 16.9. The first-order valence-corrected chi connectivity index (χ1v) is 11.3. The number of nitrogens with one attached hydrogen (secondary N) is 1. The van der Waals surface area contributed by atoms with Gasteiger partial charge in [0.25, 0.3) is 0 Å². The topological polar surface area (TPSA) is 41.0 Å². The summed E-state index contributed by atoms with van der Waals surface area (Å²) in [6.07, 6.45) is 1.64. The number of benzene rings is 2. The summed E-state index contributed by atoms with van der Waals surface area (Å²) in [4.78, 5) is 13.7. The molecule has 6 heteroatoms. The molecular formula is C23H23BrN4S. The lowest BCUT2D eigenvalue weighted by atomic mass is 10.0. The Morgan fingerprint density at radius 2 is 1.66 bits per heavy atom. The minimum absolute atomic E-state index is 0.841. The average molecular weight is 467 g/mol. The maximum atomic E-state index is 4.57. The van der Waals surface area contributed by atoms with E-state index in [1.807, 2.05) is 0 Å². The minimum Gasteiger partial charge on any atom is -0.372 e. The van der Waals surface area contributed by atoms with Crippen molar-refractivity contribution in [1.82, 2.24) is 9.97 Å². The Balaban J connectivity index is 1.74. The summed E-state index contributed by atoms with van der Waals surface area (Å²) in [6.45, 7) is 8.50. The van der Waals surface area contributed by atoms with Gasteiger partial charge < -0.3 is 10.2 Å². The van der Waals surface area contributed by atoms with E-state index in [9.17, 15) is 0 Å². The highest BCUT2D eigenvalue weighted by Crippen LogP contribution is 2.41. The van der Waals surface area contributed by atoms with Crippen LogP contribution >= 0.6 is 27.3 Å². The van der Waals surface area contributed by atoms with E-state index in [-0.39, 0.29) is 0 Å². The van der Waals surface area contributed by atoms with Gasteiger partial charge in [0, 0.05) is 39.4 Å². The van der Waals surface area contributed by atoms with E-state index in [0.717, 1.165) is 39.3 Å². The van der Waals surface area contributed by atoms with Crippen LogP contribution in [0.25, 0.3) is 21.3 Å². The number of halogens is 1. The number of rotatable bonds is 6. The van der Waals surface area contributed by atoms with Gasteiger partial charge in [0.05, 0.1) is 5.39 Å². The van der Waals surface area contributed by atoms with Gasteiger partial charge in [0.15, 0.2) is 0 Å². The fourth-order valence-corrected chi connectivity index (χ4v) is 4.86. The van der Waals surface area contributed by atoms with Crippen molar-refractivity contribution in [1.29, 1.82) is 0 Å². The zero-order valence-electron chi connectivity index (χ0n) is 16.7. The highest BCUT2D eigenvalue weighted by atomic mass is 79.9. The van der Waals surface area contributed by atoms with Crippen LogP contribution in [0.15, 0.2) is 59.3 Å². The van der Waals surface area contributed by atoms with Crippen molar-refractivity contribution in [2.24, 2.45) is 0 Å². The van der Waals surface area contributed by atoms with E-state index >= 15 is 0 Å². The maximum Gasteiger partial charge on any atom is 0.143 e. The Hall–Kier alpha value is -2.44. The van der Waals surface area contributed by atoms with Crippen molar-refractivity contribution in [3.05, 3.63) is 64.2 Å². The molecule has 2 aromatic heterocycles. The van der Waals surface area contributed by atoms with E-state index in [4.69, 9.17) is 0 Å². The standard InChI is InChI=1S/C23H23BrN4S/c1-4-28(5-2)19-12-10-18(11-13-19)27-22-21-20(16-6-8-17(24)9-7-16)15(3)29-23(21)26-14-25-22/h6-14H,4-5H2,1-3H3,(H,25,26,27). The molecule has 0 aliphatic heterocycles. The fourth-order valence-electron chi connectivity index (χ4n) is 3.58. The highest BCUT2D eigenvalue weighted by molar-refractivity contribution is 9.10. The van der Waals surface area contributed by atoms with Crippen LogP contribution in [-0.4, -0.2) is 23.1 Å². The molecule has 0 radical (unpaired) electrons. The molecule has 29 heavy (non-hydrogen) atoms. The molecule has 0 atom stereocenters. The lowest BCUT2D eigenvalue weighted by molar-refractivity contribution is 0.866. The number of aromatic nitrogens is 2. The Kier molecular flexibility index (Phi) is 5.83. The van der Waals surface area contributed by atoms with Crippen molar-refractivity contribution in [2.45, 2.75) is 20.8 Å². The second-order valence-corrected chi connectivity index (χ2v) is 8.91. The predicted octanol–water partition coefficient (Wildman–Crippen LogP) is 7.02. The highest BCUT2D eigenvalue weighted by Gasteiger charge is 2.17. The van der Waals surface area contributed by atoms with E-state index in [2.05, 4.69) is 105 Å². The summed E-state index contributed by atoms with van der Waals surface area (Å²) in [5, 5.41) is 4.59. The van der Waals surface area contributed by atoms with Gasteiger partial charge in [-0.3, -0.25) is 0 Å². The van der Waals surface area contributed by atoms with Crippen LogP contribution in [0.3, 0.4) is 0 Å². The van der Waals surface area contributed by atoms with Crippen molar-refractivity contribution < 1.29 is 0 Å². The summed E-state index contributed by atoms with van der Waals surface area (Å²) >= 11 is 5.23. The quantitative estimate of drug-likeness (QED) is 0.331. The summed E-state index contributed by atoms with van der Waals surface area (Å²) in [5.74, 6) is 0.841. The summed E-state index contributed by atoms with van der Waals surface area (Å²) in [7, 11) is 0. The molecule has 2 heterocycles. The van der Waals surface area contributed by atoms with Gasteiger partial charge >= 0.3 is 0 Å². The van der Waals surface area contributed by atoms with Crippen molar-refractivity contribution in [2.75, 3.05) is 23.3 Å². The van der Waals surface area contributed by atoms with E-state index in [1.54, 1.807) is 17.7 Å². The Labute approximate surface area is 183 Å². The zero-order valence-corrected chi connectivity index (χ0v) is 19.1. The molecule has 0 saturated carbocycles. The first-order chi connectivity index (χ1) is 14.1. The van der Waals surface area contributed by atoms with E-state index in [1.165, 1.54) is 21.7 Å². The molecule has 0 aliphatic carbocycles. The van der Waals surface area contributed by atoms with E-state index < -0.39 is 0 Å². The third-order valence-electron chi connectivity index (χ3n) is 5.06. The molecule has 0 aliphatic rings. The number of fused-ring (bicyclic) bond motifs is 1. The van der Waals surface area contributed by atoms with Gasteiger partial charge in [-0.2, -0.15) is 0 Å². The molecule has 4 nitrogen and oxygen atoms in total. The largest absolute Gasteiger partial charge is 0.372 e. The molecule has 4 rings (SSSR count). The van der Waals surface area contributed by atoms with Crippen LogP contribution in [0.2, 0.25) is 0 Å². The average Bonchev–Trinajstić information content (AvgIpc) is 3.07. The van der Waals surface area contributed by atoms with Crippen LogP contribution in [0.5, 0.6) is 0 Å². The number of hydrogen-bond acceptors (Lipinski definition) is 5. The maximum absolute atomic E-state index is 4.57. The van der Waals surface area contributed by atoms with Gasteiger partial charge in [-0.1, -0.05) is 28.1 Å². The van der Waals surface area contributed by atoms with Gasteiger partial charge in [-0.15, -0.1) is 11.3 Å². The van der Waals surface area contributed by atoms with Crippen molar-refractivity contribution in [3.8, 4) is 11.1 Å². The molecule has 1 N–H and O–H groups in total. The lowest BCUT2D eigenvalue weighted by Crippen LogP contribution is -2.21. The monoisotopic (exact) mass is 466 g/mol. The van der Waals surface area contributed by atoms with E-state index in [0.29, 0.717) is 0 Å². The predicted molar refractivity (Wildman–Crippen MR) is 129 cm³/mol. The first-order valence-electron chi connectivity index (χ1n) is 9.72. The smallest absolute Gasteiger partial charge is 0.143 e. The third-order valence-corrected chi connectivity index (χ3v) is 6.60. The Bertz CT molecular complexity index is 1120. The first kappa shape index (κ1) is 19.9. The molecule has 0 amide bonds. The molecule has 4 aromatic rings. The Morgan fingerprint density at radius 3 is 2.31 bits per heavy atom. The van der Waals surface area contributed by atoms with Gasteiger partial charge in [0.1, 0.15) is 17.0 Å². The van der Waals surface area contributed by atoms with Crippen molar-refractivity contribution >= 4 is 54.7 Å². The third kappa shape index (κ3) is 4.00. The fraction of sp³-hybridized carbons (Fsp3) is 0.217. The molecule has 0 bridgehead atoms. The molecule has 148 valence electrons. The number of nitrogens with zero attached hydrogens (tertiary/aromatic N) is 3. The van der Waals surface area contributed by atoms with Crippen molar-refractivity contribution in [3.63, 3.8) is 0 Å². The SMILES string of the molecule is CCN(CC)c1ccc(Nc2ncnc3sc(C)c(-c4ccc(Br)cc4)c23)cc1. The van der Waals surface area contributed by atoms with Crippen LogP contribution in [-0.2, 0) is 0 Å². The molecule has 0 spiro atoms. The Morgan fingerprint density at radius 1 is 0.966 bits per heavy atom. The van der Waals surface area contributed by atoms with Crippen LogP contribution in [0.4, 0.5) is 17.2 Å². The van der Waals surface area contributed by atoms with Crippen LogP contribution in [0, 0.1) is 6.92 Å². The van der Waals surface area contributed by atoms with Gasteiger partial charge in [0.2, 0.25) is 0 Å². The molecule has 0 saturated heterocycles. The van der Waals surface area contributed by atoms with Crippen LogP contribution in [0.1, 0.15) is 18.7 Å². The van der Waals surface area contributed by atoms with Crippen LogP contribution < -0.4 is 10.2 Å². The zero-order chi connectivity index (χ0) is 20.4. The molecule has 2 aromatic carbocycles. The van der Waals surface area contributed by atoms with Gasteiger partial charge in [-0.05, 0) is 62.7 Å². The van der Waals surface area contributed by atoms with Gasteiger partial charge in [-0.25, -0.2) is 9.97 Å². The number of anilines is 3. The lowest BCUT2D eigenvalue weighted by Gasteiger charge is -2.21. The molecule has 0 unspecified atom stereocenters. The number of hydrogen-bond donors (Lipinski definition) is 1. The molecule has 0 fully saturated rings. The summed E-state index contributed by atoms with van der Waals surface area (Å²) < 4.78 is 1.07.